The Bertz CT molecular complexity index is 488. The number of fused-ring (bicyclic) bond motifs is 1. The summed E-state index contributed by atoms with van der Waals surface area (Å²) in [5.74, 6) is 0. The van der Waals surface area contributed by atoms with E-state index in [4.69, 9.17) is 0 Å². The van der Waals surface area contributed by atoms with Crippen molar-refractivity contribution in [3.05, 3.63) is 29.0 Å². The third kappa shape index (κ3) is 1.27. The summed E-state index contributed by atoms with van der Waals surface area (Å²) in [6, 6.07) is 3.93. The van der Waals surface area contributed by atoms with Crippen LogP contribution in [0.3, 0.4) is 0 Å². The monoisotopic (exact) mass is 174 g/mol. The Labute approximate surface area is 76.6 Å². The first kappa shape index (κ1) is 8.14. The van der Waals surface area contributed by atoms with Gasteiger partial charge in [0.05, 0.1) is 0 Å². The molecule has 2 rings (SSSR count). The highest BCUT2D eigenvalue weighted by molar-refractivity contribution is 5.47. The minimum atomic E-state index is 0.0395. The maximum absolute atomic E-state index is 4.15. The van der Waals surface area contributed by atoms with Crippen LogP contribution in [0.5, 0.6) is 0 Å². The summed E-state index contributed by atoms with van der Waals surface area (Å²) in [5.41, 5.74) is 1.81. The van der Waals surface area contributed by atoms with Crippen LogP contribution in [-0.2, 0) is 0 Å². The largest absolute Gasteiger partial charge is 0.455 e. The molecule has 0 spiro atoms. The Morgan fingerprint density at radius 3 is 2.77 bits per heavy atom. The molecule has 0 aliphatic carbocycles. The van der Waals surface area contributed by atoms with Crippen LogP contribution < -0.4 is 10.7 Å². The zero-order chi connectivity index (χ0) is 9.47. The number of hydrogen-bond donors (Lipinski definition) is 0. The van der Waals surface area contributed by atoms with Gasteiger partial charge in [0, 0.05) is 10.5 Å². The van der Waals surface area contributed by atoms with Crippen LogP contribution in [0.2, 0.25) is 0 Å². The molecule has 0 atom stereocenters. The van der Waals surface area contributed by atoms with Crippen molar-refractivity contribution in [3.8, 4) is 0 Å². The normalized spacial score (nSPS) is 14.2. The predicted octanol–water partition coefficient (Wildman–Crippen LogP) is 0.529. The van der Waals surface area contributed by atoms with Crippen molar-refractivity contribution >= 4 is 5.70 Å². The Morgan fingerprint density at radius 2 is 2.08 bits per heavy atom. The average molecular weight is 174 g/mol. The number of rotatable bonds is 0. The van der Waals surface area contributed by atoms with Gasteiger partial charge in [0.1, 0.15) is 17.1 Å². The lowest BCUT2D eigenvalue weighted by molar-refractivity contribution is -0.133. The van der Waals surface area contributed by atoms with Gasteiger partial charge in [0.25, 0.3) is 0 Å². The Hall–Kier alpha value is -1.47. The van der Waals surface area contributed by atoms with Gasteiger partial charge in [-0.15, -0.1) is 0 Å². The van der Waals surface area contributed by atoms with E-state index in [9.17, 15) is 0 Å². The molecular formula is C10H12N3+. The third-order valence-electron chi connectivity index (χ3n) is 2.00. The molecule has 0 bridgehead atoms. The number of hydrogen-bond acceptors (Lipinski definition) is 2. The Balaban J connectivity index is 2.80. The quantitative estimate of drug-likeness (QED) is 0.529. The van der Waals surface area contributed by atoms with Gasteiger partial charge in [0.2, 0.25) is 0 Å². The molecule has 0 radical (unpaired) electrons. The standard InChI is InChI=1S/C10H12N3/c1-10(2,3)8-7-5-4-6-11-9(7)13-12-8/h4-6H,1-3H3/q+1. The number of pyridine rings is 1. The minimum absolute atomic E-state index is 0.0395. The first-order valence-electron chi connectivity index (χ1n) is 4.33. The number of nitrogens with zero attached hydrogens (tertiary/aromatic N) is 3. The molecule has 0 saturated heterocycles. The zero-order valence-electron chi connectivity index (χ0n) is 8.07. The van der Waals surface area contributed by atoms with E-state index in [1.807, 2.05) is 12.1 Å². The first-order chi connectivity index (χ1) is 6.09. The van der Waals surface area contributed by atoms with E-state index in [-0.39, 0.29) is 5.41 Å². The summed E-state index contributed by atoms with van der Waals surface area (Å²) in [6.45, 7) is 6.39. The highest BCUT2D eigenvalue weighted by atomic mass is 15.1. The maximum Gasteiger partial charge on any atom is 0.455 e. The molecule has 3 heteroatoms. The fraction of sp³-hybridized carbons (Fsp3) is 0.400. The second kappa shape index (κ2) is 2.51. The van der Waals surface area contributed by atoms with E-state index in [0.717, 1.165) is 16.4 Å². The van der Waals surface area contributed by atoms with Crippen LogP contribution in [0, 0.1) is 5.41 Å². The van der Waals surface area contributed by atoms with Gasteiger partial charge < -0.3 is 0 Å². The Morgan fingerprint density at radius 1 is 1.31 bits per heavy atom. The van der Waals surface area contributed by atoms with Crippen LogP contribution in [-0.4, -0.2) is 9.77 Å². The summed E-state index contributed by atoms with van der Waals surface area (Å²) in [7, 11) is 0. The molecule has 0 fully saturated rings. The molecular weight excluding hydrogens is 162 g/mol. The van der Waals surface area contributed by atoms with Crippen LogP contribution in [0.1, 0.15) is 20.8 Å². The average Bonchev–Trinajstić information content (AvgIpc) is 2.45. The zero-order valence-corrected chi connectivity index (χ0v) is 8.07. The molecule has 13 heavy (non-hydrogen) atoms. The van der Waals surface area contributed by atoms with E-state index >= 15 is 0 Å². The lowest BCUT2D eigenvalue weighted by atomic mass is 9.91. The topological polar surface area (TPSA) is 39.4 Å². The number of aromatic nitrogens is 1. The van der Waals surface area contributed by atoms with Crippen molar-refractivity contribution < 1.29 is 4.79 Å². The SMILES string of the molecule is CC(C)(C)C1=c2cccnc2=[N+]=N1. The summed E-state index contributed by atoms with van der Waals surface area (Å²) in [6.07, 6.45) is 1.74. The predicted molar refractivity (Wildman–Crippen MR) is 48.1 cm³/mol. The summed E-state index contributed by atoms with van der Waals surface area (Å²) >= 11 is 0. The molecule has 0 aromatic carbocycles. The molecule has 66 valence electrons. The van der Waals surface area contributed by atoms with Gasteiger partial charge in [-0.1, -0.05) is 25.6 Å². The van der Waals surface area contributed by atoms with Crippen LogP contribution in [0.25, 0.3) is 5.70 Å². The minimum Gasteiger partial charge on any atom is -0.0699 e. The first-order valence-corrected chi connectivity index (χ1v) is 4.33. The van der Waals surface area contributed by atoms with Crippen molar-refractivity contribution in [2.75, 3.05) is 0 Å². The van der Waals surface area contributed by atoms with E-state index in [2.05, 4.69) is 35.7 Å². The summed E-state index contributed by atoms with van der Waals surface area (Å²) in [4.78, 5) is 8.17. The second-order valence-corrected chi connectivity index (χ2v) is 4.17. The van der Waals surface area contributed by atoms with Crippen molar-refractivity contribution in [2.45, 2.75) is 20.8 Å². The van der Waals surface area contributed by atoms with E-state index in [1.165, 1.54) is 0 Å². The molecule has 2 heterocycles. The van der Waals surface area contributed by atoms with Gasteiger partial charge in [-0.25, -0.2) is 0 Å². The van der Waals surface area contributed by atoms with E-state index in [0.29, 0.717) is 0 Å². The van der Waals surface area contributed by atoms with Crippen molar-refractivity contribution in [3.63, 3.8) is 0 Å². The molecule has 0 unspecified atom stereocenters. The van der Waals surface area contributed by atoms with Gasteiger partial charge in [0.15, 0.2) is 0 Å². The third-order valence-corrected chi connectivity index (χ3v) is 2.00. The van der Waals surface area contributed by atoms with Gasteiger partial charge >= 0.3 is 5.49 Å². The van der Waals surface area contributed by atoms with Crippen LogP contribution >= 0.6 is 0 Å². The highest BCUT2D eigenvalue weighted by Crippen LogP contribution is 2.25. The molecule has 3 nitrogen and oxygen atoms in total. The van der Waals surface area contributed by atoms with Crippen molar-refractivity contribution in [1.29, 1.82) is 0 Å². The lowest BCUT2D eigenvalue weighted by Crippen LogP contribution is -2.30. The van der Waals surface area contributed by atoms with Gasteiger partial charge in [-0.3, -0.25) is 0 Å². The summed E-state index contributed by atoms with van der Waals surface area (Å²) in [5, 5.41) is 5.22. The van der Waals surface area contributed by atoms with Crippen LogP contribution in [0.15, 0.2) is 23.4 Å². The smallest absolute Gasteiger partial charge is 0.0699 e. The Kier molecular flexibility index (Phi) is 1.57. The molecule has 1 aliphatic rings. The molecule has 1 aliphatic heterocycles. The van der Waals surface area contributed by atoms with Crippen molar-refractivity contribution in [2.24, 2.45) is 10.5 Å². The van der Waals surface area contributed by atoms with E-state index in [1.54, 1.807) is 6.20 Å². The molecule has 1 aromatic heterocycles. The highest BCUT2D eigenvalue weighted by Gasteiger charge is 2.24. The lowest BCUT2D eigenvalue weighted by Gasteiger charge is -2.13. The summed E-state index contributed by atoms with van der Waals surface area (Å²) < 4.78 is 0. The maximum atomic E-state index is 4.15. The molecule has 1 aromatic rings. The molecule has 0 amide bonds. The van der Waals surface area contributed by atoms with E-state index < -0.39 is 0 Å². The van der Waals surface area contributed by atoms with Crippen LogP contribution in [0.4, 0.5) is 0 Å². The fourth-order valence-corrected chi connectivity index (χ4v) is 1.37. The van der Waals surface area contributed by atoms with Gasteiger partial charge in [-0.2, -0.15) is 0 Å². The van der Waals surface area contributed by atoms with Crippen molar-refractivity contribution in [1.82, 2.24) is 4.98 Å². The fourth-order valence-electron chi connectivity index (χ4n) is 1.37. The van der Waals surface area contributed by atoms with Gasteiger partial charge in [-0.05, 0) is 17.1 Å². The molecule has 0 saturated carbocycles. The molecule has 0 N–H and O–H groups in total. The second-order valence-electron chi connectivity index (χ2n) is 4.17.